The normalized spacial score (nSPS) is 9.71. The molecule has 0 aliphatic heterocycles. The fraction of sp³-hybridized carbons (Fsp3) is 0. The van der Waals surface area contributed by atoms with Crippen molar-refractivity contribution in [3.8, 4) is 6.07 Å². The highest BCUT2D eigenvalue weighted by atomic mass is 79.9. The number of nitrogens with one attached hydrogen (secondary N) is 1. The van der Waals surface area contributed by atoms with Crippen molar-refractivity contribution in [3.63, 3.8) is 0 Å². The van der Waals surface area contributed by atoms with Gasteiger partial charge in [0.25, 0.3) is 0 Å². The standard InChI is InChI=1S/C11H6BrClN4/c12-9-2-1-7(13)5-10(9)17-11-15-4-3-8(6-14)16-11/h1-5H,(H,15,16,17). The molecule has 0 saturated carbocycles. The predicted molar refractivity (Wildman–Crippen MR) is 69.2 cm³/mol. The van der Waals surface area contributed by atoms with Crippen molar-refractivity contribution in [2.75, 3.05) is 5.32 Å². The first kappa shape index (κ1) is 11.8. The van der Waals surface area contributed by atoms with Crippen molar-refractivity contribution in [1.29, 1.82) is 5.26 Å². The third-order valence-electron chi connectivity index (χ3n) is 1.95. The molecular formula is C11H6BrClN4. The van der Waals surface area contributed by atoms with Crippen molar-refractivity contribution in [1.82, 2.24) is 9.97 Å². The molecule has 0 radical (unpaired) electrons. The molecule has 1 N–H and O–H groups in total. The highest BCUT2D eigenvalue weighted by Crippen LogP contribution is 2.27. The number of halogens is 2. The number of hydrogen-bond acceptors (Lipinski definition) is 4. The second-order valence-corrected chi connectivity index (χ2v) is 4.42. The lowest BCUT2D eigenvalue weighted by atomic mass is 10.3. The van der Waals surface area contributed by atoms with E-state index in [1.165, 1.54) is 12.3 Å². The van der Waals surface area contributed by atoms with Crippen LogP contribution in [0.1, 0.15) is 5.69 Å². The number of nitriles is 1. The van der Waals surface area contributed by atoms with Gasteiger partial charge in [0.2, 0.25) is 5.95 Å². The summed E-state index contributed by atoms with van der Waals surface area (Å²) in [6.07, 6.45) is 1.52. The monoisotopic (exact) mass is 308 g/mol. The Morgan fingerprint density at radius 1 is 1.35 bits per heavy atom. The first-order valence-electron chi connectivity index (χ1n) is 4.64. The van der Waals surface area contributed by atoms with Gasteiger partial charge in [0.05, 0.1) is 5.69 Å². The Morgan fingerprint density at radius 3 is 2.94 bits per heavy atom. The summed E-state index contributed by atoms with van der Waals surface area (Å²) in [5, 5.41) is 12.3. The van der Waals surface area contributed by atoms with Crippen molar-refractivity contribution in [2.24, 2.45) is 0 Å². The van der Waals surface area contributed by atoms with Crippen molar-refractivity contribution in [3.05, 3.63) is 45.7 Å². The summed E-state index contributed by atoms with van der Waals surface area (Å²) in [7, 11) is 0. The Hall–Kier alpha value is -1.64. The van der Waals surface area contributed by atoms with Crippen LogP contribution >= 0.6 is 27.5 Å². The van der Waals surface area contributed by atoms with E-state index in [9.17, 15) is 0 Å². The number of rotatable bonds is 2. The molecule has 2 rings (SSSR count). The van der Waals surface area contributed by atoms with Gasteiger partial charge in [0.1, 0.15) is 11.8 Å². The van der Waals surface area contributed by atoms with Gasteiger partial charge in [-0.05, 0) is 40.2 Å². The maximum atomic E-state index is 8.73. The van der Waals surface area contributed by atoms with Gasteiger partial charge in [-0.15, -0.1) is 0 Å². The summed E-state index contributed by atoms with van der Waals surface area (Å²) >= 11 is 9.27. The topological polar surface area (TPSA) is 61.6 Å². The zero-order chi connectivity index (χ0) is 12.3. The van der Waals surface area contributed by atoms with E-state index >= 15 is 0 Å². The van der Waals surface area contributed by atoms with Gasteiger partial charge in [0.15, 0.2) is 0 Å². The van der Waals surface area contributed by atoms with E-state index < -0.39 is 0 Å². The molecule has 1 heterocycles. The third kappa shape index (κ3) is 2.93. The summed E-state index contributed by atoms with van der Waals surface area (Å²) < 4.78 is 0.841. The van der Waals surface area contributed by atoms with E-state index in [0.717, 1.165) is 10.2 Å². The first-order chi connectivity index (χ1) is 8.19. The zero-order valence-corrected chi connectivity index (χ0v) is 10.8. The fourth-order valence-electron chi connectivity index (χ4n) is 1.19. The maximum absolute atomic E-state index is 8.73. The van der Waals surface area contributed by atoms with Gasteiger partial charge in [-0.25, -0.2) is 9.97 Å². The molecule has 0 aliphatic carbocycles. The minimum Gasteiger partial charge on any atom is -0.323 e. The average Bonchev–Trinajstić information content (AvgIpc) is 2.34. The Kier molecular flexibility index (Phi) is 3.57. The van der Waals surface area contributed by atoms with Crippen LogP contribution in [0, 0.1) is 11.3 Å². The molecule has 0 amide bonds. The average molecular weight is 310 g/mol. The van der Waals surface area contributed by atoms with E-state index in [1.54, 1.807) is 12.1 Å². The third-order valence-corrected chi connectivity index (χ3v) is 2.87. The van der Waals surface area contributed by atoms with E-state index in [4.69, 9.17) is 16.9 Å². The van der Waals surface area contributed by atoms with Crippen LogP contribution in [0.4, 0.5) is 11.6 Å². The summed E-state index contributed by atoms with van der Waals surface area (Å²) in [4.78, 5) is 8.03. The van der Waals surface area contributed by atoms with Crippen LogP contribution in [0.3, 0.4) is 0 Å². The van der Waals surface area contributed by atoms with E-state index in [2.05, 4.69) is 31.2 Å². The lowest BCUT2D eigenvalue weighted by molar-refractivity contribution is 1.14. The summed E-state index contributed by atoms with van der Waals surface area (Å²) in [6.45, 7) is 0. The number of anilines is 2. The molecule has 0 spiro atoms. The highest BCUT2D eigenvalue weighted by molar-refractivity contribution is 9.10. The SMILES string of the molecule is N#Cc1ccnc(Nc2cc(Cl)ccc2Br)n1. The summed E-state index contributed by atoms with van der Waals surface area (Å²) in [5.41, 5.74) is 1.05. The van der Waals surface area contributed by atoms with Crippen molar-refractivity contribution in [2.45, 2.75) is 0 Å². The molecule has 0 bridgehead atoms. The van der Waals surface area contributed by atoms with Crippen molar-refractivity contribution < 1.29 is 0 Å². The number of hydrogen-bond donors (Lipinski definition) is 1. The second-order valence-electron chi connectivity index (χ2n) is 3.13. The molecule has 0 aliphatic rings. The van der Waals surface area contributed by atoms with Gasteiger partial charge in [-0.2, -0.15) is 5.26 Å². The van der Waals surface area contributed by atoms with E-state index in [1.807, 2.05) is 12.1 Å². The van der Waals surface area contributed by atoms with E-state index in [0.29, 0.717) is 16.7 Å². The second kappa shape index (κ2) is 5.13. The quantitative estimate of drug-likeness (QED) is 0.922. The van der Waals surface area contributed by atoms with Gasteiger partial charge < -0.3 is 5.32 Å². The van der Waals surface area contributed by atoms with Crippen LogP contribution in [0.5, 0.6) is 0 Å². The lowest BCUT2D eigenvalue weighted by Gasteiger charge is -2.07. The zero-order valence-electron chi connectivity index (χ0n) is 8.48. The molecule has 17 heavy (non-hydrogen) atoms. The van der Waals surface area contributed by atoms with Crippen LogP contribution in [0.15, 0.2) is 34.9 Å². The molecule has 0 atom stereocenters. The molecule has 6 heteroatoms. The number of benzene rings is 1. The molecule has 0 saturated heterocycles. The molecule has 0 fully saturated rings. The Labute approximate surface area is 111 Å². The summed E-state index contributed by atoms with van der Waals surface area (Å²) in [5.74, 6) is 0.354. The van der Waals surface area contributed by atoms with Crippen LogP contribution in [0.2, 0.25) is 5.02 Å². The number of nitrogens with zero attached hydrogens (tertiary/aromatic N) is 3. The Balaban J connectivity index is 2.31. The van der Waals surface area contributed by atoms with Crippen LogP contribution in [0.25, 0.3) is 0 Å². The van der Waals surface area contributed by atoms with E-state index in [-0.39, 0.29) is 0 Å². The first-order valence-corrected chi connectivity index (χ1v) is 5.81. The smallest absolute Gasteiger partial charge is 0.228 e. The largest absolute Gasteiger partial charge is 0.323 e. The van der Waals surface area contributed by atoms with Gasteiger partial charge in [-0.1, -0.05) is 11.6 Å². The number of aromatic nitrogens is 2. The molecule has 1 aromatic carbocycles. The summed E-state index contributed by atoms with van der Waals surface area (Å²) in [6, 6.07) is 8.82. The van der Waals surface area contributed by atoms with Crippen LogP contribution < -0.4 is 5.32 Å². The lowest BCUT2D eigenvalue weighted by Crippen LogP contribution is -1.98. The molecule has 4 nitrogen and oxygen atoms in total. The van der Waals surface area contributed by atoms with Gasteiger partial charge in [0, 0.05) is 15.7 Å². The maximum Gasteiger partial charge on any atom is 0.228 e. The minimum absolute atomic E-state index is 0.306. The molecular weight excluding hydrogens is 304 g/mol. The molecule has 1 aromatic heterocycles. The fourth-order valence-corrected chi connectivity index (χ4v) is 1.71. The molecule has 0 unspecified atom stereocenters. The van der Waals surface area contributed by atoms with Crippen LogP contribution in [-0.2, 0) is 0 Å². The minimum atomic E-state index is 0.306. The van der Waals surface area contributed by atoms with Crippen LogP contribution in [-0.4, -0.2) is 9.97 Å². The highest BCUT2D eigenvalue weighted by Gasteiger charge is 2.04. The van der Waals surface area contributed by atoms with Crippen molar-refractivity contribution >= 4 is 39.2 Å². The Bertz CT molecular complexity index is 594. The Morgan fingerprint density at radius 2 is 2.18 bits per heavy atom. The predicted octanol–water partition coefficient (Wildman–Crippen LogP) is 3.51. The molecule has 84 valence electrons. The molecule has 2 aromatic rings. The van der Waals surface area contributed by atoms with Gasteiger partial charge in [-0.3, -0.25) is 0 Å². The van der Waals surface area contributed by atoms with Gasteiger partial charge >= 0.3 is 0 Å².